The Labute approximate surface area is 136 Å². The highest BCUT2D eigenvalue weighted by Crippen LogP contribution is 2.39. The molecule has 0 radical (unpaired) electrons. The Balaban J connectivity index is 1.67. The summed E-state index contributed by atoms with van der Waals surface area (Å²) >= 11 is 0. The highest BCUT2D eigenvalue weighted by atomic mass is 19.1. The number of nitrogens with zero attached hydrogens (tertiary/aromatic N) is 1. The van der Waals surface area contributed by atoms with E-state index in [1.807, 2.05) is 14.0 Å². The van der Waals surface area contributed by atoms with Crippen LogP contribution in [0.15, 0.2) is 24.3 Å². The second kappa shape index (κ2) is 7.75. The van der Waals surface area contributed by atoms with Crippen LogP contribution >= 0.6 is 0 Å². The van der Waals surface area contributed by atoms with Crippen LogP contribution < -0.4 is 10.6 Å². The van der Waals surface area contributed by atoms with Gasteiger partial charge in [-0.25, -0.2) is 9.18 Å². The van der Waals surface area contributed by atoms with Crippen molar-refractivity contribution in [3.63, 3.8) is 0 Å². The van der Waals surface area contributed by atoms with E-state index in [1.54, 1.807) is 12.1 Å². The molecule has 5 nitrogen and oxygen atoms in total. The Morgan fingerprint density at radius 2 is 2.04 bits per heavy atom. The predicted octanol–water partition coefficient (Wildman–Crippen LogP) is 1.72. The van der Waals surface area contributed by atoms with Gasteiger partial charge in [-0.2, -0.15) is 0 Å². The molecular formula is C17H26FN3O2. The van der Waals surface area contributed by atoms with E-state index in [2.05, 4.69) is 15.5 Å². The zero-order valence-corrected chi connectivity index (χ0v) is 13.8. The summed E-state index contributed by atoms with van der Waals surface area (Å²) in [6.45, 7) is 3.72. The first-order valence-electron chi connectivity index (χ1n) is 8.03. The van der Waals surface area contributed by atoms with E-state index >= 15 is 0 Å². The van der Waals surface area contributed by atoms with Crippen molar-refractivity contribution in [2.75, 3.05) is 26.7 Å². The van der Waals surface area contributed by atoms with Gasteiger partial charge in [-0.05, 0) is 50.4 Å². The molecule has 6 heteroatoms. The first kappa shape index (κ1) is 17.7. The third kappa shape index (κ3) is 5.48. The lowest BCUT2D eigenvalue weighted by molar-refractivity contribution is 0.155. The largest absolute Gasteiger partial charge is 0.394 e. The van der Waals surface area contributed by atoms with Crippen molar-refractivity contribution in [2.45, 2.75) is 31.8 Å². The summed E-state index contributed by atoms with van der Waals surface area (Å²) in [7, 11) is 1.95. The second-order valence-electron chi connectivity index (χ2n) is 6.60. The number of urea groups is 1. The molecule has 1 unspecified atom stereocenters. The lowest BCUT2D eigenvalue weighted by Gasteiger charge is -2.29. The molecule has 0 aromatic heterocycles. The van der Waals surface area contributed by atoms with Gasteiger partial charge in [0, 0.05) is 19.6 Å². The number of hydrogen-bond acceptors (Lipinski definition) is 3. The van der Waals surface area contributed by atoms with E-state index in [0.717, 1.165) is 18.4 Å². The molecule has 1 fully saturated rings. The van der Waals surface area contributed by atoms with Crippen LogP contribution in [-0.2, 0) is 6.54 Å². The van der Waals surface area contributed by atoms with Crippen LogP contribution in [0.3, 0.4) is 0 Å². The van der Waals surface area contributed by atoms with Crippen molar-refractivity contribution in [1.82, 2.24) is 15.5 Å². The van der Waals surface area contributed by atoms with Crippen molar-refractivity contribution in [2.24, 2.45) is 5.92 Å². The molecule has 0 spiro atoms. The minimum Gasteiger partial charge on any atom is -0.394 e. The summed E-state index contributed by atoms with van der Waals surface area (Å²) in [4.78, 5) is 14.0. The maximum absolute atomic E-state index is 12.9. The summed E-state index contributed by atoms with van der Waals surface area (Å²) in [5.74, 6) is 0.136. The summed E-state index contributed by atoms with van der Waals surface area (Å²) < 4.78 is 12.9. The van der Waals surface area contributed by atoms with Gasteiger partial charge in [0.25, 0.3) is 0 Å². The van der Waals surface area contributed by atoms with Crippen LogP contribution in [0.25, 0.3) is 0 Å². The molecule has 1 atom stereocenters. The number of likely N-dealkylation sites (N-methyl/N-ethyl adjacent to an activating group) is 1. The van der Waals surface area contributed by atoms with Crippen LogP contribution in [0.4, 0.5) is 9.18 Å². The van der Waals surface area contributed by atoms with E-state index in [1.165, 1.54) is 12.1 Å². The number of nitrogens with one attached hydrogen (secondary N) is 2. The van der Waals surface area contributed by atoms with Gasteiger partial charge in [0.2, 0.25) is 0 Å². The van der Waals surface area contributed by atoms with Crippen molar-refractivity contribution in [3.05, 3.63) is 35.6 Å². The Morgan fingerprint density at radius 1 is 1.39 bits per heavy atom. The third-order valence-corrected chi connectivity index (χ3v) is 4.35. The molecule has 1 saturated carbocycles. The highest BCUT2D eigenvalue weighted by Gasteiger charge is 2.42. The molecule has 1 aromatic rings. The topological polar surface area (TPSA) is 64.6 Å². The van der Waals surface area contributed by atoms with Crippen molar-refractivity contribution in [1.29, 1.82) is 0 Å². The summed E-state index contributed by atoms with van der Waals surface area (Å²) in [6.07, 6.45) is 2.11. The quantitative estimate of drug-likeness (QED) is 0.682. The maximum Gasteiger partial charge on any atom is 0.315 e. The molecular weight excluding hydrogens is 297 g/mol. The Bertz CT molecular complexity index is 519. The Kier molecular flexibility index (Phi) is 5.96. The smallest absolute Gasteiger partial charge is 0.315 e. The number of aliphatic hydroxyl groups excluding tert-OH is 1. The van der Waals surface area contributed by atoms with Gasteiger partial charge < -0.3 is 20.6 Å². The van der Waals surface area contributed by atoms with Gasteiger partial charge in [-0.1, -0.05) is 12.1 Å². The molecule has 0 bridgehead atoms. The first-order chi connectivity index (χ1) is 10.9. The maximum atomic E-state index is 12.9. The molecule has 3 N–H and O–H groups in total. The van der Waals surface area contributed by atoms with E-state index in [0.29, 0.717) is 25.6 Å². The van der Waals surface area contributed by atoms with Crippen molar-refractivity contribution < 1.29 is 14.3 Å². The highest BCUT2D eigenvalue weighted by molar-refractivity contribution is 5.74. The van der Waals surface area contributed by atoms with Gasteiger partial charge in [-0.3, -0.25) is 0 Å². The lowest BCUT2D eigenvalue weighted by atomic mass is 9.97. The summed E-state index contributed by atoms with van der Waals surface area (Å²) in [6, 6.07) is 6.16. The number of rotatable bonds is 8. The van der Waals surface area contributed by atoms with Gasteiger partial charge >= 0.3 is 6.03 Å². The first-order valence-corrected chi connectivity index (χ1v) is 8.03. The number of amides is 2. The standard InChI is InChI=1S/C17H26FN3O2/c1-17(12-22,14-5-6-14)20-16(23)19-9-10-21(2)11-13-3-7-15(18)8-4-13/h3-4,7-8,14,22H,5-6,9-12H2,1-2H3,(H2,19,20,23). The molecule has 0 saturated heterocycles. The Hall–Kier alpha value is -1.66. The van der Waals surface area contributed by atoms with Crippen LogP contribution in [0.5, 0.6) is 0 Å². The zero-order chi connectivity index (χ0) is 16.9. The molecule has 0 aliphatic heterocycles. The summed E-state index contributed by atoms with van der Waals surface area (Å²) in [5.41, 5.74) is 0.504. The van der Waals surface area contributed by atoms with Crippen molar-refractivity contribution in [3.8, 4) is 0 Å². The fourth-order valence-electron chi connectivity index (χ4n) is 2.64. The van der Waals surface area contributed by atoms with Crippen LogP contribution in [0.1, 0.15) is 25.3 Å². The number of aliphatic hydroxyl groups is 1. The lowest BCUT2D eigenvalue weighted by Crippen LogP contribution is -2.54. The van der Waals surface area contributed by atoms with Gasteiger partial charge in [0.05, 0.1) is 12.1 Å². The fraction of sp³-hybridized carbons (Fsp3) is 0.588. The minimum atomic E-state index is -0.524. The molecule has 1 aliphatic carbocycles. The molecule has 23 heavy (non-hydrogen) atoms. The van der Waals surface area contributed by atoms with E-state index < -0.39 is 5.54 Å². The van der Waals surface area contributed by atoms with Crippen LogP contribution in [0, 0.1) is 11.7 Å². The molecule has 2 amide bonds. The SMILES string of the molecule is CN(CCNC(=O)NC(C)(CO)C1CC1)Cc1ccc(F)cc1. The normalized spacial score (nSPS) is 16.9. The summed E-state index contributed by atoms with van der Waals surface area (Å²) in [5, 5.41) is 15.2. The number of carbonyl (C=O) groups excluding carboxylic acids is 1. The average Bonchev–Trinajstić information content (AvgIpc) is 3.34. The molecule has 128 valence electrons. The minimum absolute atomic E-state index is 0.0461. The van der Waals surface area contributed by atoms with Crippen LogP contribution in [0.2, 0.25) is 0 Å². The number of halogens is 1. The molecule has 0 heterocycles. The third-order valence-electron chi connectivity index (χ3n) is 4.35. The van der Waals surface area contributed by atoms with Gasteiger partial charge in [0.15, 0.2) is 0 Å². The molecule has 2 rings (SSSR count). The molecule has 1 aromatic carbocycles. The van der Waals surface area contributed by atoms with Gasteiger partial charge in [0.1, 0.15) is 5.82 Å². The zero-order valence-electron chi connectivity index (χ0n) is 13.8. The average molecular weight is 323 g/mol. The Morgan fingerprint density at radius 3 is 2.61 bits per heavy atom. The van der Waals surface area contributed by atoms with Crippen molar-refractivity contribution >= 4 is 6.03 Å². The number of hydrogen-bond donors (Lipinski definition) is 3. The second-order valence-corrected chi connectivity index (χ2v) is 6.60. The molecule has 1 aliphatic rings. The van der Waals surface area contributed by atoms with E-state index in [4.69, 9.17) is 0 Å². The van der Waals surface area contributed by atoms with E-state index in [-0.39, 0.29) is 18.5 Å². The monoisotopic (exact) mass is 323 g/mol. The van der Waals surface area contributed by atoms with Crippen LogP contribution in [-0.4, -0.2) is 48.3 Å². The fourth-order valence-corrected chi connectivity index (χ4v) is 2.64. The van der Waals surface area contributed by atoms with Gasteiger partial charge in [-0.15, -0.1) is 0 Å². The predicted molar refractivity (Wildman–Crippen MR) is 87.5 cm³/mol. The number of carbonyl (C=O) groups is 1. The van der Waals surface area contributed by atoms with E-state index in [9.17, 15) is 14.3 Å². The number of benzene rings is 1.